The topological polar surface area (TPSA) is 84.9 Å². The molecule has 7 nitrogen and oxygen atoms in total. The van der Waals surface area contributed by atoms with Crippen molar-refractivity contribution in [2.75, 3.05) is 19.8 Å². The third kappa shape index (κ3) is 6.30. The first-order chi connectivity index (χ1) is 17.1. The summed E-state index contributed by atoms with van der Waals surface area (Å²) in [5.41, 5.74) is 0. The summed E-state index contributed by atoms with van der Waals surface area (Å²) in [6.45, 7) is 2.68. The van der Waals surface area contributed by atoms with E-state index in [0.717, 1.165) is 19.3 Å². The van der Waals surface area contributed by atoms with Crippen molar-refractivity contribution in [2.45, 2.75) is 117 Å². The van der Waals surface area contributed by atoms with E-state index in [1.54, 1.807) is 0 Å². The highest BCUT2D eigenvalue weighted by Gasteiger charge is 2.50. The van der Waals surface area contributed by atoms with E-state index >= 15 is 0 Å². The van der Waals surface area contributed by atoms with Gasteiger partial charge in [0.15, 0.2) is 0 Å². The average Bonchev–Trinajstić information content (AvgIpc) is 2.83. The van der Waals surface area contributed by atoms with E-state index < -0.39 is 45.7 Å². The fourth-order valence-corrected chi connectivity index (χ4v) is 9.38. The second-order valence-corrected chi connectivity index (χ2v) is 13.9. The van der Waals surface area contributed by atoms with Gasteiger partial charge in [0.2, 0.25) is 15.9 Å². The molecular weight excluding hydrogens is 537 g/mol. The number of nitrogens with zero attached hydrogens (tertiary/aromatic N) is 1. The number of carbonyl (C=O) groups excluding carboxylic acids is 1. The van der Waals surface area contributed by atoms with Crippen LogP contribution >= 0.6 is 23.2 Å². The van der Waals surface area contributed by atoms with E-state index in [9.17, 15) is 22.0 Å². The van der Waals surface area contributed by atoms with Crippen LogP contribution in [0.2, 0.25) is 0 Å². The van der Waals surface area contributed by atoms with Crippen LogP contribution in [0.4, 0.5) is 8.78 Å². The summed E-state index contributed by atoms with van der Waals surface area (Å²) in [6, 6.07) is -0.758. The third-order valence-electron chi connectivity index (χ3n) is 8.16. The van der Waals surface area contributed by atoms with Gasteiger partial charge < -0.3 is 14.8 Å². The number of fused-ring (bicyclic) bond motifs is 1. The van der Waals surface area contributed by atoms with Gasteiger partial charge in [-0.25, -0.2) is 17.2 Å². The first-order valence-electron chi connectivity index (χ1n) is 13.2. The molecular formula is C24H38Cl2F2N2O5S. The van der Waals surface area contributed by atoms with Gasteiger partial charge in [-0.1, -0.05) is 6.42 Å². The van der Waals surface area contributed by atoms with Crippen molar-refractivity contribution in [3.05, 3.63) is 0 Å². The van der Waals surface area contributed by atoms with Crippen LogP contribution in [0.15, 0.2) is 0 Å². The molecule has 4 aliphatic rings. The number of amides is 1. The summed E-state index contributed by atoms with van der Waals surface area (Å²) in [4.78, 5) is 13.1. The van der Waals surface area contributed by atoms with E-state index in [0.29, 0.717) is 25.9 Å². The molecule has 0 bridgehead atoms. The van der Waals surface area contributed by atoms with Crippen LogP contribution in [-0.4, -0.2) is 91.0 Å². The highest BCUT2D eigenvalue weighted by atomic mass is 35.5. The van der Waals surface area contributed by atoms with Crippen LogP contribution in [0.3, 0.4) is 0 Å². The molecule has 0 aromatic rings. The Kier molecular flexibility index (Phi) is 9.81. The number of morpholine rings is 1. The highest BCUT2D eigenvalue weighted by Crippen LogP contribution is 2.38. The molecule has 0 aromatic carbocycles. The van der Waals surface area contributed by atoms with Gasteiger partial charge in [-0.3, -0.25) is 4.79 Å². The van der Waals surface area contributed by atoms with Crippen LogP contribution < -0.4 is 5.32 Å². The lowest BCUT2D eigenvalue weighted by Gasteiger charge is -2.49. The van der Waals surface area contributed by atoms with Crippen LogP contribution in [0.5, 0.6) is 0 Å². The Morgan fingerprint density at radius 1 is 1.06 bits per heavy atom. The zero-order valence-corrected chi connectivity index (χ0v) is 23.0. The SMILES string of the molecule is CCOCC1CN(S(=O)(=O)C2CCC(F)C(F)C2)C2CC(NC(=O)C3C(Cl)CCCC3Cl)CCC2O1. The smallest absolute Gasteiger partial charge is 0.226 e. The molecule has 0 spiro atoms. The summed E-state index contributed by atoms with van der Waals surface area (Å²) >= 11 is 12.9. The van der Waals surface area contributed by atoms with Gasteiger partial charge in [-0.15, -0.1) is 23.2 Å². The molecule has 9 unspecified atom stereocenters. The monoisotopic (exact) mass is 574 g/mol. The Morgan fingerprint density at radius 2 is 1.78 bits per heavy atom. The van der Waals surface area contributed by atoms with Gasteiger partial charge in [0, 0.05) is 29.9 Å². The molecule has 1 aliphatic heterocycles. The number of carbonyl (C=O) groups is 1. The van der Waals surface area contributed by atoms with E-state index in [-0.39, 0.29) is 61.2 Å². The van der Waals surface area contributed by atoms with Gasteiger partial charge in [0.25, 0.3) is 0 Å². The van der Waals surface area contributed by atoms with Gasteiger partial charge in [0.1, 0.15) is 12.3 Å². The van der Waals surface area contributed by atoms with Crippen molar-refractivity contribution in [3.63, 3.8) is 0 Å². The first-order valence-corrected chi connectivity index (χ1v) is 15.6. The Balaban J connectivity index is 1.49. The summed E-state index contributed by atoms with van der Waals surface area (Å²) in [5.74, 6) is -0.685. The van der Waals surface area contributed by atoms with Crippen molar-refractivity contribution in [1.82, 2.24) is 9.62 Å². The number of sulfonamides is 1. The zero-order chi connectivity index (χ0) is 26.0. The highest BCUT2D eigenvalue weighted by molar-refractivity contribution is 7.89. The van der Waals surface area contributed by atoms with Crippen molar-refractivity contribution >= 4 is 39.1 Å². The molecule has 0 radical (unpaired) electrons. The minimum absolute atomic E-state index is 0.0882. The molecule has 4 fully saturated rings. The standard InChI is InChI=1S/C24H38Cl2F2N2O5S/c1-2-34-13-15-12-30(36(32,33)16-7-8-19(27)20(28)11-16)21-10-14(6-9-22(21)35-15)29-24(31)23-17(25)4-3-5-18(23)26/h14-23H,2-13H2,1H3,(H,29,31). The molecule has 1 amide bonds. The van der Waals surface area contributed by atoms with Gasteiger partial charge in [-0.2, -0.15) is 4.31 Å². The summed E-state index contributed by atoms with van der Waals surface area (Å²) in [5, 5.41) is 1.44. The molecule has 1 saturated heterocycles. The van der Waals surface area contributed by atoms with Crippen LogP contribution in [0.25, 0.3) is 0 Å². The zero-order valence-electron chi connectivity index (χ0n) is 20.7. The summed E-state index contributed by atoms with van der Waals surface area (Å²) in [7, 11) is -3.92. The lowest BCUT2D eigenvalue weighted by molar-refractivity contribution is -0.138. The average molecular weight is 576 g/mol. The Bertz CT molecular complexity index is 861. The molecule has 0 aromatic heterocycles. The molecule has 3 aliphatic carbocycles. The first kappa shape index (κ1) is 28.7. The molecule has 12 heteroatoms. The third-order valence-corrected chi connectivity index (χ3v) is 11.5. The number of hydrogen-bond donors (Lipinski definition) is 1. The van der Waals surface area contributed by atoms with E-state index in [4.69, 9.17) is 32.7 Å². The summed E-state index contributed by atoms with van der Waals surface area (Å²) < 4.78 is 68.6. The molecule has 3 saturated carbocycles. The number of nitrogens with one attached hydrogen (secondary N) is 1. The molecule has 208 valence electrons. The molecule has 1 N–H and O–H groups in total. The maximum Gasteiger partial charge on any atom is 0.226 e. The Morgan fingerprint density at radius 3 is 2.44 bits per heavy atom. The van der Waals surface area contributed by atoms with Crippen molar-refractivity contribution < 1.29 is 31.5 Å². The fraction of sp³-hybridized carbons (Fsp3) is 0.958. The predicted octanol–water partition coefficient (Wildman–Crippen LogP) is 3.70. The van der Waals surface area contributed by atoms with Crippen LogP contribution in [0.1, 0.15) is 64.7 Å². The maximum absolute atomic E-state index is 14.2. The lowest BCUT2D eigenvalue weighted by atomic mass is 9.84. The largest absolute Gasteiger partial charge is 0.379 e. The second-order valence-electron chi connectivity index (χ2n) is 10.6. The molecule has 4 rings (SSSR count). The molecule has 1 heterocycles. The van der Waals surface area contributed by atoms with E-state index in [2.05, 4.69) is 5.32 Å². The quantitative estimate of drug-likeness (QED) is 0.468. The van der Waals surface area contributed by atoms with Crippen LogP contribution in [-0.2, 0) is 24.3 Å². The summed E-state index contributed by atoms with van der Waals surface area (Å²) in [6.07, 6.45) is -0.644. The Hall–Kier alpha value is -0.260. The number of halogens is 4. The van der Waals surface area contributed by atoms with Gasteiger partial charge >= 0.3 is 0 Å². The van der Waals surface area contributed by atoms with Crippen molar-refractivity contribution in [1.29, 1.82) is 0 Å². The van der Waals surface area contributed by atoms with Crippen molar-refractivity contribution in [2.24, 2.45) is 5.92 Å². The van der Waals surface area contributed by atoms with Gasteiger partial charge in [-0.05, 0) is 58.3 Å². The minimum Gasteiger partial charge on any atom is -0.379 e. The normalized spacial score (nSPS) is 42.5. The van der Waals surface area contributed by atoms with Crippen molar-refractivity contribution in [3.8, 4) is 0 Å². The van der Waals surface area contributed by atoms with E-state index in [1.165, 1.54) is 4.31 Å². The second kappa shape index (κ2) is 12.3. The number of hydrogen-bond acceptors (Lipinski definition) is 5. The number of alkyl halides is 4. The van der Waals surface area contributed by atoms with E-state index in [1.807, 2.05) is 6.92 Å². The molecule has 9 atom stereocenters. The fourth-order valence-electron chi connectivity index (χ4n) is 6.20. The Labute approximate surface area is 223 Å². The van der Waals surface area contributed by atoms with Crippen LogP contribution in [0, 0.1) is 5.92 Å². The predicted molar refractivity (Wildman–Crippen MR) is 134 cm³/mol. The minimum atomic E-state index is -3.92. The van der Waals surface area contributed by atoms with Gasteiger partial charge in [0.05, 0.1) is 36.0 Å². The number of rotatable bonds is 7. The number of ether oxygens (including phenoxy) is 2. The molecule has 36 heavy (non-hydrogen) atoms. The maximum atomic E-state index is 14.2. The lowest BCUT2D eigenvalue weighted by Crippen LogP contribution is -2.63.